The predicted molar refractivity (Wildman–Crippen MR) is 64.9 cm³/mol. The van der Waals surface area contributed by atoms with E-state index < -0.39 is 0 Å². The predicted octanol–water partition coefficient (Wildman–Crippen LogP) is 2.81. The normalized spacial score (nSPS) is 24.1. The lowest BCUT2D eigenvalue weighted by atomic mass is 10.2. The van der Waals surface area contributed by atoms with E-state index >= 15 is 0 Å². The van der Waals surface area contributed by atoms with E-state index in [1.54, 1.807) is 0 Å². The van der Waals surface area contributed by atoms with Crippen LogP contribution >= 0.6 is 11.6 Å². The molecule has 2 unspecified atom stereocenters. The second kappa shape index (κ2) is 4.42. The van der Waals surface area contributed by atoms with Crippen molar-refractivity contribution in [2.75, 3.05) is 5.73 Å². The van der Waals surface area contributed by atoms with E-state index in [9.17, 15) is 0 Å². The van der Waals surface area contributed by atoms with Crippen molar-refractivity contribution in [3.63, 3.8) is 0 Å². The van der Waals surface area contributed by atoms with Crippen LogP contribution in [0.4, 0.5) is 5.69 Å². The maximum Gasteiger partial charge on any atom is 0.0638 e. The molecule has 2 rings (SSSR count). The minimum absolute atomic E-state index is 0.650. The molecule has 1 aromatic rings. The molecule has 1 aliphatic carbocycles. The molecule has 0 radical (unpaired) electrons. The molecule has 0 saturated heterocycles. The molecule has 1 fully saturated rings. The maximum absolute atomic E-state index is 5.95. The van der Waals surface area contributed by atoms with E-state index in [4.69, 9.17) is 17.3 Å². The summed E-state index contributed by atoms with van der Waals surface area (Å²) in [6.45, 7) is 3.13. The van der Waals surface area contributed by atoms with Crippen molar-refractivity contribution in [1.29, 1.82) is 0 Å². The minimum Gasteiger partial charge on any atom is -0.398 e. The number of anilines is 1. The highest BCUT2D eigenvalue weighted by Gasteiger charge is 2.34. The molecule has 2 nitrogen and oxygen atoms in total. The number of nitrogens with one attached hydrogen (secondary N) is 1. The molecule has 0 aliphatic heterocycles. The van der Waals surface area contributed by atoms with Gasteiger partial charge in [0.1, 0.15) is 0 Å². The van der Waals surface area contributed by atoms with Gasteiger partial charge in [0.25, 0.3) is 0 Å². The third kappa shape index (κ3) is 2.64. The van der Waals surface area contributed by atoms with Crippen molar-refractivity contribution in [2.24, 2.45) is 5.92 Å². The number of nitrogens with two attached hydrogens (primary N) is 1. The van der Waals surface area contributed by atoms with Crippen LogP contribution in [0.3, 0.4) is 0 Å². The van der Waals surface area contributed by atoms with E-state index in [0.29, 0.717) is 16.8 Å². The summed E-state index contributed by atoms with van der Waals surface area (Å²) in [6, 6.07) is 6.54. The smallest absolute Gasteiger partial charge is 0.0638 e. The molecular weight excluding hydrogens is 208 g/mol. The lowest BCUT2D eigenvalue weighted by Crippen LogP contribution is -2.17. The summed E-state index contributed by atoms with van der Waals surface area (Å²) in [4.78, 5) is 0. The molecule has 3 N–H and O–H groups in total. The van der Waals surface area contributed by atoms with E-state index in [1.165, 1.54) is 18.4 Å². The van der Waals surface area contributed by atoms with Gasteiger partial charge in [-0.25, -0.2) is 0 Å². The molecular formula is C12H17ClN2. The van der Waals surface area contributed by atoms with Gasteiger partial charge < -0.3 is 11.1 Å². The number of nitrogen functional groups attached to an aromatic ring is 1. The van der Waals surface area contributed by atoms with Crippen molar-refractivity contribution < 1.29 is 0 Å². The zero-order chi connectivity index (χ0) is 10.8. The highest BCUT2D eigenvalue weighted by Crippen LogP contribution is 2.33. The number of hydrogen-bond donors (Lipinski definition) is 2. The van der Waals surface area contributed by atoms with Gasteiger partial charge in [-0.1, -0.05) is 31.0 Å². The summed E-state index contributed by atoms with van der Waals surface area (Å²) in [5.74, 6) is 0.884. The molecule has 0 bridgehead atoms. The number of halogens is 1. The van der Waals surface area contributed by atoms with Crippen LogP contribution in [0.15, 0.2) is 18.2 Å². The lowest BCUT2D eigenvalue weighted by molar-refractivity contribution is 0.623. The van der Waals surface area contributed by atoms with Crippen molar-refractivity contribution in [3.8, 4) is 0 Å². The fourth-order valence-electron chi connectivity index (χ4n) is 1.88. The van der Waals surface area contributed by atoms with Crippen molar-refractivity contribution in [3.05, 3.63) is 28.8 Å². The van der Waals surface area contributed by atoms with Crippen LogP contribution in [0.2, 0.25) is 5.02 Å². The minimum atomic E-state index is 0.650. The fourth-order valence-corrected chi connectivity index (χ4v) is 2.08. The average Bonchev–Trinajstić information content (AvgIpc) is 2.98. The largest absolute Gasteiger partial charge is 0.398 e. The molecule has 2 atom stereocenters. The van der Waals surface area contributed by atoms with Gasteiger partial charge in [0.2, 0.25) is 0 Å². The Kier molecular flexibility index (Phi) is 3.17. The second-order valence-electron chi connectivity index (χ2n) is 4.25. The van der Waals surface area contributed by atoms with Crippen LogP contribution in [0.1, 0.15) is 25.3 Å². The van der Waals surface area contributed by atoms with Gasteiger partial charge in [-0.3, -0.25) is 0 Å². The van der Waals surface area contributed by atoms with Gasteiger partial charge in [0, 0.05) is 12.6 Å². The SMILES string of the molecule is CCC1CC1NCc1ccc(N)c(Cl)c1. The standard InChI is InChI=1S/C12H17ClN2/c1-2-9-6-12(9)15-7-8-3-4-11(14)10(13)5-8/h3-5,9,12,15H,2,6-7,14H2,1H3. The number of benzene rings is 1. The van der Waals surface area contributed by atoms with Crippen LogP contribution < -0.4 is 11.1 Å². The van der Waals surface area contributed by atoms with Gasteiger partial charge in [0.05, 0.1) is 10.7 Å². The Morgan fingerprint density at radius 3 is 2.93 bits per heavy atom. The Morgan fingerprint density at radius 2 is 2.33 bits per heavy atom. The second-order valence-corrected chi connectivity index (χ2v) is 4.65. The Labute approximate surface area is 95.8 Å². The van der Waals surface area contributed by atoms with E-state index in [0.717, 1.165) is 12.5 Å². The van der Waals surface area contributed by atoms with Crippen LogP contribution in [0.5, 0.6) is 0 Å². The van der Waals surface area contributed by atoms with E-state index in [1.807, 2.05) is 18.2 Å². The Morgan fingerprint density at radius 1 is 1.53 bits per heavy atom. The Hall–Kier alpha value is -0.730. The summed E-state index contributed by atoms with van der Waals surface area (Å²) in [6.07, 6.45) is 2.60. The average molecular weight is 225 g/mol. The van der Waals surface area contributed by atoms with Gasteiger partial charge in [0.15, 0.2) is 0 Å². The first-order valence-corrected chi connectivity index (χ1v) is 5.85. The van der Waals surface area contributed by atoms with Crippen molar-refractivity contribution >= 4 is 17.3 Å². The lowest BCUT2D eigenvalue weighted by Gasteiger charge is -2.05. The molecule has 82 valence electrons. The van der Waals surface area contributed by atoms with E-state index in [2.05, 4.69) is 12.2 Å². The van der Waals surface area contributed by atoms with Crippen LogP contribution in [0, 0.1) is 5.92 Å². The van der Waals surface area contributed by atoms with Crippen LogP contribution in [0.25, 0.3) is 0 Å². The monoisotopic (exact) mass is 224 g/mol. The van der Waals surface area contributed by atoms with Gasteiger partial charge >= 0.3 is 0 Å². The van der Waals surface area contributed by atoms with Crippen molar-refractivity contribution in [1.82, 2.24) is 5.32 Å². The highest BCUT2D eigenvalue weighted by molar-refractivity contribution is 6.33. The summed E-state index contributed by atoms with van der Waals surface area (Å²) in [5, 5.41) is 4.17. The zero-order valence-electron chi connectivity index (χ0n) is 8.96. The first-order chi connectivity index (χ1) is 7.20. The molecule has 0 amide bonds. The third-order valence-corrected chi connectivity index (χ3v) is 3.41. The molecule has 0 spiro atoms. The fraction of sp³-hybridized carbons (Fsp3) is 0.500. The quantitative estimate of drug-likeness (QED) is 0.772. The molecule has 0 aromatic heterocycles. The molecule has 0 heterocycles. The number of hydrogen-bond acceptors (Lipinski definition) is 2. The molecule has 3 heteroatoms. The third-order valence-electron chi connectivity index (χ3n) is 3.08. The van der Waals surface area contributed by atoms with Gasteiger partial charge in [-0.05, 0) is 30.0 Å². The Bertz CT molecular complexity index is 351. The van der Waals surface area contributed by atoms with Crippen LogP contribution in [-0.2, 0) is 6.54 Å². The first-order valence-electron chi connectivity index (χ1n) is 5.48. The van der Waals surface area contributed by atoms with Gasteiger partial charge in [-0.15, -0.1) is 0 Å². The first kappa shape index (κ1) is 10.8. The maximum atomic E-state index is 5.95. The number of rotatable bonds is 4. The van der Waals surface area contributed by atoms with Crippen molar-refractivity contribution in [2.45, 2.75) is 32.4 Å². The summed E-state index contributed by atoms with van der Waals surface area (Å²) < 4.78 is 0. The molecule has 1 saturated carbocycles. The summed E-state index contributed by atoms with van der Waals surface area (Å²) >= 11 is 5.95. The summed E-state index contributed by atoms with van der Waals surface area (Å²) in [7, 11) is 0. The zero-order valence-corrected chi connectivity index (χ0v) is 9.72. The van der Waals surface area contributed by atoms with E-state index in [-0.39, 0.29) is 0 Å². The van der Waals surface area contributed by atoms with Crippen LogP contribution in [-0.4, -0.2) is 6.04 Å². The molecule has 15 heavy (non-hydrogen) atoms. The molecule has 1 aliphatic rings. The van der Waals surface area contributed by atoms with Gasteiger partial charge in [-0.2, -0.15) is 0 Å². The summed E-state index contributed by atoms with van der Waals surface area (Å²) in [5.41, 5.74) is 7.50. The highest BCUT2D eigenvalue weighted by atomic mass is 35.5. The molecule has 1 aromatic carbocycles. The topological polar surface area (TPSA) is 38.0 Å². The Balaban J connectivity index is 1.86.